The topological polar surface area (TPSA) is 122 Å². The van der Waals surface area contributed by atoms with E-state index in [-0.39, 0.29) is 11.2 Å². The summed E-state index contributed by atoms with van der Waals surface area (Å²) < 4.78 is 15.4. The van der Waals surface area contributed by atoms with Crippen molar-refractivity contribution in [2.45, 2.75) is 26.3 Å². The second-order valence-electron chi connectivity index (χ2n) is 6.15. The Kier molecular flexibility index (Phi) is 8.23. The lowest BCUT2D eigenvalue weighted by Gasteiger charge is -2.22. The second-order valence-corrected chi connectivity index (χ2v) is 7.63. The molecule has 0 bridgehead atoms. The van der Waals surface area contributed by atoms with Gasteiger partial charge in [0.2, 0.25) is 0 Å². The van der Waals surface area contributed by atoms with Crippen molar-refractivity contribution in [2.24, 2.45) is 0 Å². The third-order valence-electron chi connectivity index (χ3n) is 2.72. The molecule has 3 N–H and O–H groups in total. The molecule has 0 atom stereocenters. The SMILES string of the molecule is CC(C)(C)Nc1cc(Oc2ccc(Br)cc2)ccc1[N+](=O)[O-].O=[PH](O)O. The van der Waals surface area contributed by atoms with E-state index in [0.29, 0.717) is 17.2 Å². The van der Waals surface area contributed by atoms with Crippen molar-refractivity contribution in [3.05, 3.63) is 57.1 Å². The lowest BCUT2D eigenvalue weighted by atomic mass is 10.1. The molecule has 2 aromatic carbocycles. The van der Waals surface area contributed by atoms with Crippen LogP contribution in [0.15, 0.2) is 46.9 Å². The first-order valence-electron chi connectivity index (χ1n) is 7.40. The predicted octanol–water partition coefficient (Wildman–Crippen LogP) is 4.72. The number of ether oxygens (including phenoxy) is 1. The summed E-state index contributed by atoms with van der Waals surface area (Å²) in [6, 6.07) is 12.1. The predicted molar refractivity (Wildman–Crippen MR) is 104 cm³/mol. The number of nitro benzene ring substituents is 1. The number of hydrogen-bond donors (Lipinski definition) is 3. The third kappa shape index (κ3) is 8.44. The fourth-order valence-electron chi connectivity index (χ4n) is 1.88. The van der Waals surface area contributed by atoms with Crippen LogP contribution in [0.5, 0.6) is 11.5 Å². The van der Waals surface area contributed by atoms with Gasteiger partial charge in [0, 0.05) is 22.1 Å². The van der Waals surface area contributed by atoms with E-state index < -0.39 is 13.2 Å². The van der Waals surface area contributed by atoms with Crippen LogP contribution in [0.2, 0.25) is 0 Å². The molecule has 0 fully saturated rings. The first-order valence-corrected chi connectivity index (χ1v) is 9.49. The molecule has 10 heteroatoms. The minimum atomic E-state index is -3.13. The maximum Gasteiger partial charge on any atom is 0.314 e. The minimum Gasteiger partial charge on any atom is -0.457 e. The number of nitrogens with zero attached hydrogens (tertiary/aromatic N) is 1. The van der Waals surface area contributed by atoms with Gasteiger partial charge in [0.25, 0.3) is 5.69 Å². The van der Waals surface area contributed by atoms with E-state index in [1.165, 1.54) is 6.07 Å². The van der Waals surface area contributed by atoms with Gasteiger partial charge in [-0.15, -0.1) is 0 Å². The van der Waals surface area contributed by atoms with Crippen molar-refractivity contribution in [1.29, 1.82) is 0 Å². The van der Waals surface area contributed by atoms with Crippen LogP contribution in [0.4, 0.5) is 11.4 Å². The molecule has 0 unspecified atom stereocenters. The monoisotopic (exact) mass is 446 g/mol. The summed E-state index contributed by atoms with van der Waals surface area (Å²) in [6.07, 6.45) is 0. The lowest BCUT2D eigenvalue weighted by Crippen LogP contribution is -2.26. The second kappa shape index (κ2) is 9.68. The Labute approximate surface area is 160 Å². The van der Waals surface area contributed by atoms with Crippen molar-refractivity contribution in [3.63, 3.8) is 0 Å². The van der Waals surface area contributed by atoms with Gasteiger partial charge in [-0.1, -0.05) is 15.9 Å². The van der Waals surface area contributed by atoms with Crippen molar-refractivity contribution in [2.75, 3.05) is 5.32 Å². The summed E-state index contributed by atoms with van der Waals surface area (Å²) in [5, 5.41) is 14.3. The highest BCUT2D eigenvalue weighted by atomic mass is 79.9. The summed E-state index contributed by atoms with van der Waals surface area (Å²) in [5.74, 6) is 1.21. The molecule has 0 spiro atoms. The van der Waals surface area contributed by atoms with Gasteiger partial charge in [0.1, 0.15) is 17.2 Å². The molecule has 0 heterocycles. The third-order valence-corrected chi connectivity index (χ3v) is 3.25. The standard InChI is InChI=1S/C16H17BrN2O3.H3O3P/c1-16(2,3)18-14-10-13(8-9-15(14)19(20)21)22-12-6-4-11(17)5-7-12;1-4(2)3/h4-10,18H,1-3H3;4H,(H2,1,2,3). The molecule has 0 aliphatic heterocycles. The molecule has 0 saturated carbocycles. The maximum absolute atomic E-state index is 11.1. The number of nitro groups is 1. The fraction of sp³-hybridized carbons (Fsp3) is 0.250. The van der Waals surface area contributed by atoms with Crippen LogP contribution in [0.1, 0.15) is 20.8 Å². The average molecular weight is 447 g/mol. The Morgan fingerprint density at radius 2 is 1.62 bits per heavy atom. The van der Waals surface area contributed by atoms with Gasteiger partial charge < -0.3 is 19.8 Å². The van der Waals surface area contributed by atoms with E-state index in [4.69, 9.17) is 19.1 Å². The molecule has 8 nitrogen and oxygen atoms in total. The number of benzene rings is 2. The van der Waals surface area contributed by atoms with E-state index in [2.05, 4.69) is 21.2 Å². The first-order chi connectivity index (χ1) is 12.0. The van der Waals surface area contributed by atoms with Crippen LogP contribution in [0.3, 0.4) is 0 Å². The molecule has 0 saturated heterocycles. The van der Waals surface area contributed by atoms with Gasteiger partial charge in [-0.3, -0.25) is 14.7 Å². The smallest absolute Gasteiger partial charge is 0.314 e. The maximum atomic E-state index is 11.1. The highest BCUT2D eigenvalue weighted by Crippen LogP contribution is 2.33. The largest absolute Gasteiger partial charge is 0.457 e. The lowest BCUT2D eigenvalue weighted by molar-refractivity contribution is -0.384. The van der Waals surface area contributed by atoms with E-state index >= 15 is 0 Å². The van der Waals surface area contributed by atoms with Crippen molar-refractivity contribution in [1.82, 2.24) is 0 Å². The Balaban J connectivity index is 0.000000765. The Bertz CT molecular complexity index is 773. The van der Waals surface area contributed by atoms with E-state index in [1.807, 2.05) is 45.0 Å². The summed E-state index contributed by atoms with van der Waals surface area (Å²) in [7, 11) is -3.13. The summed E-state index contributed by atoms with van der Waals surface area (Å²) in [6.45, 7) is 5.83. The zero-order valence-electron chi connectivity index (χ0n) is 14.4. The summed E-state index contributed by atoms with van der Waals surface area (Å²) in [5.41, 5.74) is 0.172. The molecule has 2 aromatic rings. The molecular weight excluding hydrogens is 427 g/mol. The number of halogens is 1. The van der Waals surface area contributed by atoms with E-state index in [1.54, 1.807) is 12.1 Å². The van der Waals surface area contributed by atoms with Gasteiger partial charge in [-0.25, -0.2) is 0 Å². The van der Waals surface area contributed by atoms with Crippen molar-refractivity contribution < 1.29 is 24.0 Å². The van der Waals surface area contributed by atoms with Crippen molar-refractivity contribution in [3.8, 4) is 11.5 Å². The summed E-state index contributed by atoms with van der Waals surface area (Å²) in [4.78, 5) is 25.0. The number of hydrogen-bond acceptors (Lipinski definition) is 5. The van der Waals surface area contributed by atoms with Gasteiger partial charge in [-0.2, -0.15) is 0 Å². The van der Waals surface area contributed by atoms with Gasteiger partial charge in [-0.05, 0) is 51.1 Å². The molecule has 142 valence electrons. The molecule has 0 aliphatic rings. The molecule has 0 amide bonds. The number of rotatable bonds is 4. The fourth-order valence-corrected chi connectivity index (χ4v) is 2.15. The van der Waals surface area contributed by atoms with Crippen LogP contribution in [0, 0.1) is 10.1 Å². The average Bonchev–Trinajstić information content (AvgIpc) is 2.47. The van der Waals surface area contributed by atoms with Crippen LogP contribution < -0.4 is 10.1 Å². The zero-order chi connectivity index (χ0) is 19.9. The summed E-state index contributed by atoms with van der Waals surface area (Å²) >= 11 is 3.36. The van der Waals surface area contributed by atoms with E-state index in [0.717, 1.165) is 4.47 Å². The van der Waals surface area contributed by atoms with Gasteiger partial charge in [0.05, 0.1) is 4.92 Å². The van der Waals surface area contributed by atoms with Gasteiger partial charge >= 0.3 is 8.25 Å². The Morgan fingerprint density at radius 3 is 2.08 bits per heavy atom. The van der Waals surface area contributed by atoms with Gasteiger partial charge in [0.15, 0.2) is 0 Å². The molecular formula is C16H20BrN2O6P. The molecule has 2 rings (SSSR count). The Morgan fingerprint density at radius 1 is 1.12 bits per heavy atom. The highest BCUT2D eigenvalue weighted by Gasteiger charge is 2.19. The first kappa shape index (κ1) is 22.1. The minimum absolute atomic E-state index is 0.0260. The molecule has 26 heavy (non-hydrogen) atoms. The number of nitrogens with one attached hydrogen (secondary N) is 1. The highest BCUT2D eigenvalue weighted by molar-refractivity contribution is 9.10. The molecule has 0 aromatic heterocycles. The molecule has 0 radical (unpaired) electrons. The van der Waals surface area contributed by atoms with E-state index in [9.17, 15) is 10.1 Å². The molecule has 0 aliphatic carbocycles. The van der Waals surface area contributed by atoms with Crippen LogP contribution in [0.25, 0.3) is 0 Å². The Hall–Kier alpha value is -1.93. The quantitative estimate of drug-likeness (QED) is 0.352. The van der Waals surface area contributed by atoms with Crippen LogP contribution >= 0.6 is 24.2 Å². The van der Waals surface area contributed by atoms with Crippen molar-refractivity contribution >= 4 is 35.6 Å². The number of anilines is 1. The zero-order valence-corrected chi connectivity index (χ0v) is 17.0. The van der Waals surface area contributed by atoms with Crippen LogP contribution in [-0.2, 0) is 4.57 Å². The van der Waals surface area contributed by atoms with Crippen LogP contribution in [-0.4, -0.2) is 20.2 Å². The normalized spacial score (nSPS) is 10.7.